The van der Waals surface area contributed by atoms with Crippen LogP contribution < -0.4 is 16.0 Å². The fourth-order valence-electron chi connectivity index (χ4n) is 2.59. The number of hydrogen-bond acceptors (Lipinski definition) is 4. The highest BCUT2D eigenvalue weighted by Gasteiger charge is 2.21. The average Bonchev–Trinajstić information content (AvgIpc) is 2.45. The SMILES string of the molecule is CC(=O)NCC1CCN(c2ccc(N)cc2C#N)CC1. The van der Waals surface area contributed by atoms with Crippen LogP contribution in [0.2, 0.25) is 0 Å². The van der Waals surface area contributed by atoms with Crippen LogP contribution in [0.5, 0.6) is 0 Å². The molecule has 0 radical (unpaired) electrons. The number of benzene rings is 1. The molecule has 0 bridgehead atoms. The molecule has 0 atom stereocenters. The molecule has 5 nitrogen and oxygen atoms in total. The number of nitrogens with two attached hydrogens (primary N) is 1. The minimum absolute atomic E-state index is 0.0257. The van der Waals surface area contributed by atoms with Gasteiger partial charge in [0.05, 0.1) is 11.3 Å². The number of hydrogen-bond donors (Lipinski definition) is 2. The molecule has 2 rings (SSSR count). The minimum atomic E-state index is 0.0257. The van der Waals surface area contributed by atoms with E-state index in [9.17, 15) is 10.1 Å². The van der Waals surface area contributed by atoms with Gasteiger partial charge in [0.15, 0.2) is 0 Å². The van der Waals surface area contributed by atoms with Crippen LogP contribution in [0.25, 0.3) is 0 Å². The zero-order chi connectivity index (χ0) is 14.5. The van der Waals surface area contributed by atoms with E-state index in [4.69, 9.17) is 5.73 Å². The second kappa shape index (κ2) is 6.29. The topological polar surface area (TPSA) is 82.2 Å². The maximum Gasteiger partial charge on any atom is 0.216 e. The maximum absolute atomic E-state index is 10.9. The molecule has 5 heteroatoms. The van der Waals surface area contributed by atoms with E-state index < -0.39 is 0 Å². The molecule has 1 aromatic carbocycles. The van der Waals surface area contributed by atoms with Crippen molar-refractivity contribution in [3.05, 3.63) is 23.8 Å². The van der Waals surface area contributed by atoms with E-state index in [1.807, 2.05) is 12.1 Å². The predicted octanol–water partition coefficient (Wildman–Crippen LogP) is 1.49. The number of anilines is 2. The number of nitrogen functional groups attached to an aromatic ring is 1. The van der Waals surface area contributed by atoms with Crippen molar-refractivity contribution < 1.29 is 4.79 Å². The van der Waals surface area contributed by atoms with Crippen LogP contribution in [0.3, 0.4) is 0 Å². The molecule has 1 fully saturated rings. The standard InChI is InChI=1S/C15H20N4O/c1-11(20)18-10-12-4-6-19(7-5-12)15-3-2-14(17)8-13(15)9-16/h2-3,8,12H,4-7,10,17H2,1H3,(H,18,20). The lowest BCUT2D eigenvalue weighted by Crippen LogP contribution is -2.38. The minimum Gasteiger partial charge on any atom is -0.399 e. The van der Waals surface area contributed by atoms with Gasteiger partial charge in [-0.3, -0.25) is 4.79 Å². The monoisotopic (exact) mass is 272 g/mol. The molecule has 0 spiro atoms. The first-order valence-corrected chi connectivity index (χ1v) is 6.89. The first-order valence-electron chi connectivity index (χ1n) is 6.89. The van der Waals surface area contributed by atoms with Crippen LogP contribution in [-0.4, -0.2) is 25.5 Å². The number of nitriles is 1. The lowest BCUT2D eigenvalue weighted by Gasteiger charge is -2.34. The van der Waals surface area contributed by atoms with E-state index in [0.29, 0.717) is 17.2 Å². The summed E-state index contributed by atoms with van der Waals surface area (Å²) in [6.45, 7) is 4.10. The Morgan fingerprint density at radius 1 is 1.50 bits per heavy atom. The Morgan fingerprint density at radius 2 is 2.20 bits per heavy atom. The Balaban J connectivity index is 1.97. The van der Waals surface area contributed by atoms with Crippen molar-refractivity contribution in [2.45, 2.75) is 19.8 Å². The molecule has 20 heavy (non-hydrogen) atoms. The van der Waals surface area contributed by atoms with Gasteiger partial charge >= 0.3 is 0 Å². The van der Waals surface area contributed by atoms with Gasteiger partial charge in [-0.2, -0.15) is 5.26 Å². The van der Waals surface area contributed by atoms with Crippen LogP contribution >= 0.6 is 0 Å². The molecule has 1 aliphatic heterocycles. The zero-order valence-corrected chi connectivity index (χ0v) is 11.7. The Labute approximate surface area is 119 Å². The number of rotatable bonds is 3. The van der Waals surface area contributed by atoms with Gasteiger partial charge in [0.1, 0.15) is 6.07 Å². The van der Waals surface area contributed by atoms with Crippen molar-refractivity contribution in [3.63, 3.8) is 0 Å². The molecule has 0 aromatic heterocycles. The third-order valence-electron chi connectivity index (χ3n) is 3.74. The highest BCUT2D eigenvalue weighted by atomic mass is 16.1. The van der Waals surface area contributed by atoms with E-state index in [1.165, 1.54) is 0 Å². The van der Waals surface area contributed by atoms with Crippen molar-refractivity contribution in [1.82, 2.24) is 5.32 Å². The lowest BCUT2D eigenvalue weighted by molar-refractivity contribution is -0.119. The molecule has 1 aromatic rings. The fraction of sp³-hybridized carbons (Fsp3) is 0.467. The van der Waals surface area contributed by atoms with Gasteiger partial charge in [-0.25, -0.2) is 0 Å². The van der Waals surface area contributed by atoms with Gasteiger partial charge in [-0.05, 0) is 37.0 Å². The number of amides is 1. The van der Waals surface area contributed by atoms with Crippen molar-refractivity contribution in [3.8, 4) is 6.07 Å². The molecule has 1 saturated heterocycles. The molecule has 3 N–H and O–H groups in total. The van der Waals surface area contributed by atoms with Gasteiger partial charge in [-0.15, -0.1) is 0 Å². The molecule has 1 amide bonds. The Morgan fingerprint density at radius 3 is 2.80 bits per heavy atom. The van der Waals surface area contributed by atoms with Gasteiger partial charge in [-0.1, -0.05) is 0 Å². The molecule has 106 valence electrons. The summed E-state index contributed by atoms with van der Waals surface area (Å²) < 4.78 is 0. The quantitative estimate of drug-likeness (QED) is 0.817. The first-order chi connectivity index (χ1) is 9.60. The molecule has 1 aliphatic rings. The summed E-state index contributed by atoms with van der Waals surface area (Å²) in [7, 11) is 0. The lowest BCUT2D eigenvalue weighted by atomic mass is 9.96. The van der Waals surface area contributed by atoms with Gasteiger partial charge in [0.2, 0.25) is 5.91 Å². The van der Waals surface area contributed by atoms with Crippen LogP contribution in [0.15, 0.2) is 18.2 Å². The molecule has 1 heterocycles. The number of nitrogens with one attached hydrogen (secondary N) is 1. The zero-order valence-electron chi connectivity index (χ0n) is 11.7. The van der Waals surface area contributed by atoms with E-state index >= 15 is 0 Å². The van der Waals surface area contributed by atoms with Crippen molar-refractivity contribution in [1.29, 1.82) is 5.26 Å². The Kier molecular flexibility index (Phi) is 4.46. The summed E-state index contributed by atoms with van der Waals surface area (Å²) in [5.41, 5.74) is 7.92. The fourth-order valence-corrected chi connectivity index (χ4v) is 2.59. The Hall–Kier alpha value is -2.22. The maximum atomic E-state index is 10.9. The molecule has 0 aliphatic carbocycles. The van der Waals surface area contributed by atoms with E-state index in [2.05, 4.69) is 16.3 Å². The Bertz CT molecular complexity index is 527. The molecular formula is C15H20N4O. The number of carbonyl (C=O) groups is 1. The highest BCUT2D eigenvalue weighted by Crippen LogP contribution is 2.27. The summed E-state index contributed by atoms with van der Waals surface area (Å²) in [6, 6.07) is 7.68. The van der Waals surface area contributed by atoms with E-state index in [-0.39, 0.29) is 5.91 Å². The predicted molar refractivity (Wildman–Crippen MR) is 79.2 cm³/mol. The molecular weight excluding hydrogens is 252 g/mol. The van der Waals surface area contributed by atoms with Crippen LogP contribution in [-0.2, 0) is 4.79 Å². The number of carbonyl (C=O) groups excluding carboxylic acids is 1. The number of piperidine rings is 1. The molecule has 0 unspecified atom stereocenters. The van der Waals surface area contributed by atoms with Crippen molar-refractivity contribution in [2.75, 3.05) is 30.3 Å². The largest absolute Gasteiger partial charge is 0.399 e. The highest BCUT2D eigenvalue weighted by molar-refractivity contribution is 5.72. The smallest absolute Gasteiger partial charge is 0.216 e. The van der Waals surface area contributed by atoms with Gasteiger partial charge in [0, 0.05) is 32.2 Å². The van der Waals surface area contributed by atoms with Gasteiger partial charge < -0.3 is 16.0 Å². The van der Waals surface area contributed by atoms with E-state index in [1.54, 1.807) is 13.0 Å². The van der Waals surface area contributed by atoms with Gasteiger partial charge in [0.25, 0.3) is 0 Å². The van der Waals surface area contributed by atoms with Crippen LogP contribution in [0, 0.1) is 17.2 Å². The summed E-state index contributed by atoms with van der Waals surface area (Å²) in [5.74, 6) is 0.548. The second-order valence-corrected chi connectivity index (χ2v) is 5.26. The van der Waals surface area contributed by atoms with Crippen molar-refractivity contribution in [2.24, 2.45) is 5.92 Å². The second-order valence-electron chi connectivity index (χ2n) is 5.26. The van der Waals surface area contributed by atoms with Crippen LogP contribution in [0.4, 0.5) is 11.4 Å². The third-order valence-corrected chi connectivity index (χ3v) is 3.74. The van der Waals surface area contributed by atoms with Crippen LogP contribution in [0.1, 0.15) is 25.3 Å². The molecule has 0 saturated carbocycles. The summed E-state index contributed by atoms with van der Waals surface area (Å²) in [6.07, 6.45) is 2.05. The summed E-state index contributed by atoms with van der Waals surface area (Å²) >= 11 is 0. The normalized spacial score (nSPS) is 15.7. The summed E-state index contributed by atoms with van der Waals surface area (Å²) in [4.78, 5) is 13.1. The van der Waals surface area contributed by atoms with E-state index in [0.717, 1.165) is 38.2 Å². The summed E-state index contributed by atoms with van der Waals surface area (Å²) in [5, 5.41) is 12.1. The third kappa shape index (κ3) is 3.41. The average molecular weight is 272 g/mol. The first kappa shape index (κ1) is 14.2. The van der Waals surface area contributed by atoms with Crippen molar-refractivity contribution >= 4 is 17.3 Å². The number of nitrogens with zero attached hydrogens (tertiary/aromatic N) is 2.